The predicted molar refractivity (Wildman–Crippen MR) is 470 cm³/mol. The van der Waals surface area contributed by atoms with Gasteiger partial charge < -0.3 is 0 Å². The SMILES string of the molecule is CCCCC1(CCCC)c2cc(-c3ccc4c(c3)C(C)(C)c3cc(-c5ccc6c(c5)C(C)(C)c5ccccc5-6)ccc3-4)c(-c3ccc4c(c3)C(C)(C)c3ccccc3-4)cc2-c2cc(-c3ccc4c(c3)C(C)(C)c3ccccc3-4)c(-c3ccc4c(c3)C(C)(C)c3cc(-c5ccc6c(c5)C(C)(C)c5ccccc5-6)ccc3-4)cc21. The summed E-state index contributed by atoms with van der Waals surface area (Å²) in [6, 6.07) is 107. The van der Waals surface area contributed by atoms with E-state index < -0.39 is 0 Å². The van der Waals surface area contributed by atoms with E-state index in [-0.39, 0.29) is 37.9 Å². The molecule has 21 rings (SSSR count). The van der Waals surface area contributed by atoms with Gasteiger partial charge in [-0.1, -0.05) is 317 Å². The summed E-state index contributed by atoms with van der Waals surface area (Å²) in [6.45, 7) is 34.1. The molecular weight excluding hydrogens is 1330 g/mol. The molecule has 7 aliphatic rings. The standard InChI is InChI=1S/C111H98/c1-15-17-51-111(52-18-16-2)103-63-87(71-41-49-83-81-45-37-67(55-97(81)109(11,12)101(83)59-71)65-35-43-77-73-27-19-23-31-91(73)105(3,4)95(77)53-65)85(69-39-47-79-75-29-21-25-33-93(75)107(7,8)99(79)57-69)61-89(103)90-62-86(70-40-48-80-76-30-22-26-34-94(76)108(9,10)100(80)58-70)88(64-104(90)111)72-42-50-84-82-46-38-68(56-98(82)110(13,14)102(84)60-72)66-36-44-78-74-28-20-24-32-92(74)106(5,6)96(78)54-66/h19-50,53-64H,15-18,51-52H2,1-14H3. The smallest absolute Gasteiger partial charge is 0.0215 e. The van der Waals surface area contributed by atoms with Crippen molar-refractivity contribution in [1.29, 1.82) is 0 Å². The fourth-order valence-electron chi connectivity index (χ4n) is 22.8. The van der Waals surface area contributed by atoms with E-state index in [4.69, 9.17) is 0 Å². The number of rotatable bonds is 12. The molecule has 0 heteroatoms. The largest absolute Gasteiger partial charge is 0.0654 e. The normalized spacial score (nSPS) is 16.7. The molecule has 14 aromatic carbocycles. The first-order chi connectivity index (χ1) is 53.4. The summed E-state index contributed by atoms with van der Waals surface area (Å²) in [7, 11) is 0. The van der Waals surface area contributed by atoms with E-state index in [2.05, 4.69) is 364 Å². The monoisotopic (exact) mass is 1430 g/mol. The Morgan fingerprint density at radius 2 is 0.351 bits per heavy atom. The Bertz CT molecular complexity index is 6020. The molecule has 0 bridgehead atoms. The molecule has 542 valence electrons. The Morgan fingerprint density at radius 1 is 0.162 bits per heavy atom. The second-order valence-electron chi connectivity index (χ2n) is 37.2. The van der Waals surface area contributed by atoms with Crippen LogP contribution in [0, 0.1) is 0 Å². The highest BCUT2D eigenvalue weighted by atomic mass is 14.5. The summed E-state index contributed by atoms with van der Waals surface area (Å²) in [5, 5.41) is 0. The van der Waals surface area contributed by atoms with E-state index in [1.54, 1.807) is 0 Å². The van der Waals surface area contributed by atoms with Crippen molar-refractivity contribution in [2.75, 3.05) is 0 Å². The molecular formula is C111H98. The van der Waals surface area contributed by atoms with Crippen molar-refractivity contribution < 1.29 is 0 Å². The summed E-state index contributed by atoms with van der Waals surface area (Å²) in [5.74, 6) is 0. The van der Waals surface area contributed by atoms with Gasteiger partial charge in [-0.3, -0.25) is 0 Å². The molecule has 0 aliphatic heterocycles. The third-order valence-electron chi connectivity index (χ3n) is 29.1. The van der Waals surface area contributed by atoms with Crippen LogP contribution in [0.2, 0.25) is 0 Å². The number of unbranched alkanes of at least 4 members (excludes halogenated alkanes) is 2. The third-order valence-corrected chi connectivity index (χ3v) is 29.1. The van der Waals surface area contributed by atoms with Crippen LogP contribution in [0.4, 0.5) is 0 Å². The quantitative estimate of drug-likeness (QED) is 0.114. The van der Waals surface area contributed by atoms with Crippen molar-refractivity contribution in [2.45, 2.75) is 173 Å². The lowest BCUT2D eigenvalue weighted by Gasteiger charge is -2.34. The molecule has 0 heterocycles. The van der Waals surface area contributed by atoms with Gasteiger partial charge in [0, 0.05) is 37.9 Å². The van der Waals surface area contributed by atoms with Crippen molar-refractivity contribution in [2.24, 2.45) is 0 Å². The fraction of sp³-hybridized carbons (Fsp3) is 0.243. The van der Waals surface area contributed by atoms with Gasteiger partial charge in [-0.2, -0.15) is 0 Å². The molecule has 14 aromatic rings. The molecule has 0 saturated carbocycles. The van der Waals surface area contributed by atoms with E-state index in [1.807, 2.05) is 0 Å². The minimum Gasteiger partial charge on any atom is -0.0654 e. The zero-order chi connectivity index (χ0) is 75.9. The van der Waals surface area contributed by atoms with Gasteiger partial charge in [-0.05, 0) is 308 Å². The summed E-state index contributed by atoms with van der Waals surface area (Å²) < 4.78 is 0. The molecule has 111 heavy (non-hydrogen) atoms. The average Bonchev–Trinajstić information content (AvgIpc) is 1.54. The summed E-state index contributed by atoms with van der Waals surface area (Å²) in [6.07, 6.45) is 6.65. The molecule has 0 nitrogen and oxygen atoms in total. The Kier molecular flexibility index (Phi) is 14.5. The molecule has 0 fully saturated rings. The molecule has 0 amide bonds. The summed E-state index contributed by atoms with van der Waals surface area (Å²) in [4.78, 5) is 0. The average molecular weight is 1430 g/mol. The first-order valence-corrected chi connectivity index (χ1v) is 41.4. The topological polar surface area (TPSA) is 0 Å². The molecule has 0 atom stereocenters. The first-order valence-electron chi connectivity index (χ1n) is 41.4. The van der Waals surface area contributed by atoms with Crippen LogP contribution in [0.25, 0.3) is 145 Å². The van der Waals surface area contributed by atoms with Crippen LogP contribution < -0.4 is 0 Å². The van der Waals surface area contributed by atoms with Crippen LogP contribution in [0.3, 0.4) is 0 Å². The number of fused-ring (bicyclic) bond motifs is 21. The van der Waals surface area contributed by atoms with Crippen molar-refractivity contribution >= 4 is 0 Å². The van der Waals surface area contributed by atoms with Crippen LogP contribution in [0.1, 0.15) is 213 Å². The van der Waals surface area contributed by atoms with E-state index in [0.717, 1.165) is 38.5 Å². The molecule has 7 aliphatic carbocycles. The van der Waals surface area contributed by atoms with Crippen molar-refractivity contribution in [3.8, 4) is 145 Å². The van der Waals surface area contributed by atoms with Crippen LogP contribution in [-0.4, -0.2) is 0 Å². The van der Waals surface area contributed by atoms with Crippen molar-refractivity contribution in [3.63, 3.8) is 0 Å². The van der Waals surface area contributed by atoms with Gasteiger partial charge in [0.1, 0.15) is 0 Å². The van der Waals surface area contributed by atoms with Crippen LogP contribution in [-0.2, 0) is 37.9 Å². The van der Waals surface area contributed by atoms with Gasteiger partial charge in [0.25, 0.3) is 0 Å². The second kappa shape index (κ2) is 23.6. The van der Waals surface area contributed by atoms with Gasteiger partial charge >= 0.3 is 0 Å². The molecule has 0 radical (unpaired) electrons. The highest BCUT2D eigenvalue weighted by molar-refractivity contribution is 6.01. The maximum atomic E-state index is 2.76. The lowest BCUT2D eigenvalue weighted by molar-refractivity contribution is 0.415. The molecule has 0 aromatic heterocycles. The summed E-state index contributed by atoms with van der Waals surface area (Å²) >= 11 is 0. The van der Waals surface area contributed by atoms with E-state index in [1.165, 1.54) is 223 Å². The summed E-state index contributed by atoms with van der Waals surface area (Å²) in [5.41, 5.74) is 53.0. The molecule has 0 spiro atoms. The van der Waals surface area contributed by atoms with Crippen molar-refractivity contribution in [1.82, 2.24) is 0 Å². The van der Waals surface area contributed by atoms with E-state index in [9.17, 15) is 0 Å². The van der Waals surface area contributed by atoms with Gasteiger partial charge in [-0.25, -0.2) is 0 Å². The predicted octanol–water partition coefficient (Wildman–Crippen LogP) is 30.2. The van der Waals surface area contributed by atoms with Gasteiger partial charge in [-0.15, -0.1) is 0 Å². The van der Waals surface area contributed by atoms with Gasteiger partial charge in [0.15, 0.2) is 0 Å². The maximum absolute atomic E-state index is 2.76. The minimum absolute atomic E-state index is 0.0747. The van der Waals surface area contributed by atoms with E-state index in [0.29, 0.717) is 0 Å². The van der Waals surface area contributed by atoms with Gasteiger partial charge in [0.2, 0.25) is 0 Å². The molecule has 0 unspecified atom stereocenters. The Hall–Kier alpha value is -10.9. The minimum atomic E-state index is -0.263. The van der Waals surface area contributed by atoms with Crippen LogP contribution >= 0.6 is 0 Å². The number of hydrogen-bond acceptors (Lipinski definition) is 0. The Balaban J connectivity index is 0.748. The zero-order valence-corrected chi connectivity index (χ0v) is 67.1. The highest BCUT2D eigenvalue weighted by Gasteiger charge is 2.47. The fourth-order valence-corrected chi connectivity index (χ4v) is 22.8. The Morgan fingerprint density at radius 3 is 0.586 bits per heavy atom. The lowest BCUT2D eigenvalue weighted by Crippen LogP contribution is -2.25. The molecule has 0 saturated heterocycles. The lowest BCUT2D eigenvalue weighted by atomic mass is 9.69. The third kappa shape index (κ3) is 9.41. The maximum Gasteiger partial charge on any atom is 0.0215 e. The number of hydrogen-bond donors (Lipinski definition) is 0. The zero-order valence-electron chi connectivity index (χ0n) is 67.1. The van der Waals surface area contributed by atoms with Crippen LogP contribution in [0.15, 0.2) is 267 Å². The van der Waals surface area contributed by atoms with Crippen molar-refractivity contribution in [3.05, 3.63) is 345 Å². The van der Waals surface area contributed by atoms with Crippen LogP contribution in [0.5, 0.6) is 0 Å². The van der Waals surface area contributed by atoms with E-state index >= 15 is 0 Å². The highest BCUT2D eigenvalue weighted by Crippen LogP contribution is 2.63. The number of benzene rings is 14. The van der Waals surface area contributed by atoms with Gasteiger partial charge in [0.05, 0.1) is 0 Å². The molecule has 0 N–H and O–H groups in total. The Labute approximate surface area is 658 Å². The first kappa shape index (κ1) is 68.1. The second-order valence-corrected chi connectivity index (χ2v) is 37.2.